The molecule has 0 radical (unpaired) electrons. The molecule has 0 spiro atoms. The predicted octanol–water partition coefficient (Wildman–Crippen LogP) is 2.45. The molecule has 1 saturated carbocycles. The van der Waals surface area contributed by atoms with E-state index in [-0.39, 0.29) is 29.5 Å². The number of rotatable bonds is 6. The van der Waals surface area contributed by atoms with Gasteiger partial charge in [-0.3, -0.25) is 4.79 Å². The molecule has 31 heavy (non-hydrogen) atoms. The molecule has 164 valence electrons. The summed E-state index contributed by atoms with van der Waals surface area (Å²) in [7, 11) is 0. The SMILES string of the molecule is Cc1cc(Nc2nc(N[C@@H]3CCCC[C@@H]3N)nnc2C(N)=O)cc2cn(C(F)F)nc12. The van der Waals surface area contributed by atoms with E-state index in [9.17, 15) is 13.6 Å². The summed E-state index contributed by atoms with van der Waals surface area (Å²) in [5, 5.41) is 18.5. The average Bonchev–Trinajstić information content (AvgIpc) is 3.15. The van der Waals surface area contributed by atoms with Crippen LogP contribution in [0, 0.1) is 6.92 Å². The van der Waals surface area contributed by atoms with Crippen molar-refractivity contribution in [1.82, 2.24) is 25.0 Å². The number of halogens is 2. The highest BCUT2D eigenvalue weighted by Crippen LogP contribution is 2.27. The highest BCUT2D eigenvalue weighted by molar-refractivity contribution is 5.96. The normalized spacial score (nSPS) is 19.0. The lowest BCUT2D eigenvalue weighted by molar-refractivity contribution is 0.0573. The number of anilines is 3. The van der Waals surface area contributed by atoms with Gasteiger partial charge in [-0.15, -0.1) is 10.2 Å². The molecular formula is C19H23F2N9O. The molecule has 10 nitrogen and oxygen atoms in total. The first kappa shape index (κ1) is 20.8. The van der Waals surface area contributed by atoms with Crippen molar-refractivity contribution in [3.63, 3.8) is 0 Å². The number of benzene rings is 1. The highest BCUT2D eigenvalue weighted by Gasteiger charge is 2.23. The maximum Gasteiger partial charge on any atom is 0.333 e. The number of nitrogens with two attached hydrogens (primary N) is 2. The average molecular weight is 431 g/mol. The zero-order valence-corrected chi connectivity index (χ0v) is 16.8. The van der Waals surface area contributed by atoms with Crippen LogP contribution in [0.1, 0.15) is 48.3 Å². The number of aryl methyl sites for hydroxylation is 1. The van der Waals surface area contributed by atoms with E-state index >= 15 is 0 Å². The number of nitrogens with zero attached hydrogens (tertiary/aromatic N) is 5. The molecule has 1 aromatic carbocycles. The fourth-order valence-electron chi connectivity index (χ4n) is 3.78. The molecule has 1 aliphatic carbocycles. The van der Waals surface area contributed by atoms with Crippen molar-refractivity contribution in [2.45, 2.75) is 51.2 Å². The maximum absolute atomic E-state index is 13.0. The molecular weight excluding hydrogens is 408 g/mol. The molecule has 2 aromatic heterocycles. The zero-order valence-electron chi connectivity index (χ0n) is 16.8. The van der Waals surface area contributed by atoms with E-state index in [0.29, 0.717) is 26.8 Å². The van der Waals surface area contributed by atoms with Gasteiger partial charge in [0.25, 0.3) is 5.91 Å². The Morgan fingerprint density at radius 1 is 1.26 bits per heavy atom. The van der Waals surface area contributed by atoms with E-state index in [2.05, 4.69) is 30.9 Å². The second-order valence-electron chi connectivity index (χ2n) is 7.64. The van der Waals surface area contributed by atoms with Gasteiger partial charge in [0, 0.05) is 29.4 Å². The maximum atomic E-state index is 13.0. The number of alkyl halides is 2. The number of hydrogen-bond donors (Lipinski definition) is 4. The lowest BCUT2D eigenvalue weighted by Crippen LogP contribution is -2.43. The molecule has 4 rings (SSSR count). The van der Waals surface area contributed by atoms with E-state index in [1.165, 1.54) is 6.20 Å². The van der Waals surface area contributed by atoms with Crippen LogP contribution >= 0.6 is 0 Å². The quantitative estimate of drug-likeness (QED) is 0.465. The summed E-state index contributed by atoms with van der Waals surface area (Å²) >= 11 is 0. The van der Waals surface area contributed by atoms with Gasteiger partial charge in [0.1, 0.15) is 0 Å². The molecule has 1 amide bonds. The van der Waals surface area contributed by atoms with E-state index in [1.807, 2.05) is 0 Å². The monoisotopic (exact) mass is 431 g/mol. The van der Waals surface area contributed by atoms with Crippen LogP contribution in [0.4, 0.5) is 26.2 Å². The molecule has 2 heterocycles. The van der Waals surface area contributed by atoms with Crippen molar-refractivity contribution in [3.8, 4) is 0 Å². The van der Waals surface area contributed by atoms with Gasteiger partial charge in [-0.2, -0.15) is 18.9 Å². The zero-order chi connectivity index (χ0) is 22.1. The summed E-state index contributed by atoms with van der Waals surface area (Å²) in [5.41, 5.74) is 13.1. The number of primary amides is 1. The van der Waals surface area contributed by atoms with E-state index in [0.717, 1.165) is 25.7 Å². The van der Waals surface area contributed by atoms with Crippen LogP contribution in [0.5, 0.6) is 0 Å². The van der Waals surface area contributed by atoms with Gasteiger partial charge in [-0.05, 0) is 37.5 Å². The molecule has 0 unspecified atom stereocenters. The second kappa shape index (κ2) is 8.38. The Hall–Kier alpha value is -3.41. The Morgan fingerprint density at radius 3 is 2.74 bits per heavy atom. The summed E-state index contributed by atoms with van der Waals surface area (Å²) in [6.45, 7) is -0.989. The van der Waals surface area contributed by atoms with Crippen LogP contribution in [0.3, 0.4) is 0 Å². The fraction of sp³-hybridized carbons (Fsp3) is 0.421. The molecule has 1 fully saturated rings. The number of nitrogens with one attached hydrogen (secondary N) is 2. The lowest BCUT2D eigenvalue weighted by Gasteiger charge is -2.29. The first-order valence-electron chi connectivity index (χ1n) is 9.93. The third-order valence-electron chi connectivity index (χ3n) is 5.33. The first-order valence-corrected chi connectivity index (χ1v) is 9.93. The predicted molar refractivity (Wildman–Crippen MR) is 111 cm³/mol. The third-order valence-corrected chi connectivity index (χ3v) is 5.33. The molecule has 6 N–H and O–H groups in total. The number of carbonyl (C=O) groups excluding carboxylic acids is 1. The Kier molecular flexibility index (Phi) is 5.63. The smallest absolute Gasteiger partial charge is 0.333 e. The molecule has 3 aromatic rings. The number of carbonyl (C=O) groups is 1. The summed E-state index contributed by atoms with van der Waals surface area (Å²) < 4.78 is 26.6. The first-order chi connectivity index (χ1) is 14.8. The Bertz CT molecular complexity index is 1120. The minimum atomic E-state index is -2.74. The summed E-state index contributed by atoms with van der Waals surface area (Å²) in [6.07, 6.45) is 5.17. The molecule has 2 atom stereocenters. The molecule has 0 saturated heterocycles. The van der Waals surface area contributed by atoms with Crippen molar-refractivity contribution >= 4 is 34.3 Å². The Balaban J connectivity index is 1.65. The number of aromatic nitrogens is 5. The van der Waals surface area contributed by atoms with Crippen molar-refractivity contribution in [2.75, 3.05) is 10.6 Å². The van der Waals surface area contributed by atoms with Gasteiger partial charge in [0.05, 0.1) is 5.52 Å². The molecule has 1 aliphatic rings. The van der Waals surface area contributed by atoms with Crippen LogP contribution in [0.25, 0.3) is 10.9 Å². The third kappa shape index (κ3) is 4.38. The topological polar surface area (TPSA) is 150 Å². The van der Waals surface area contributed by atoms with Crippen LogP contribution in [0.2, 0.25) is 0 Å². The molecule has 0 aliphatic heterocycles. The fourth-order valence-corrected chi connectivity index (χ4v) is 3.78. The second-order valence-corrected chi connectivity index (χ2v) is 7.64. The highest BCUT2D eigenvalue weighted by atomic mass is 19.3. The van der Waals surface area contributed by atoms with Crippen molar-refractivity contribution in [2.24, 2.45) is 11.5 Å². The van der Waals surface area contributed by atoms with Crippen molar-refractivity contribution in [1.29, 1.82) is 0 Å². The van der Waals surface area contributed by atoms with E-state index < -0.39 is 12.5 Å². The summed E-state index contributed by atoms with van der Waals surface area (Å²) in [6, 6.07) is 3.32. The Labute approximate surface area is 176 Å². The number of fused-ring (bicyclic) bond motifs is 1. The lowest BCUT2D eigenvalue weighted by atomic mass is 9.91. The van der Waals surface area contributed by atoms with Gasteiger partial charge in [-0.1, -0.05) is 12.8 Å². The van der Waals surface area contributed by atoms with Gasteiger partial charge in [0.2, 0.25) is 5.95 Å². The van der Waals surface area contributed by atoms with Crippen molar-refractivity contribution in [3.05, 3.63) is 29.6 Å². The minimum absolute atomic E-state index is 0.00149. The summed E-state index contributed by atoms with van der Waals surface area (Å²) in [4.78, 5) is 16.2. The number of amides is 1. The number of hydrogen-bond acceptors (Lipinski definition) is 8. The van der Waals surface area contributed by atoms with Gasteiger partial charge in [-0.25, -0.2) is 4.68 Å². The molecule has 12 heteroatoms. The van der Waals surface area contributed by atoms with Crippen LogP contribution in [-0.2, 0) is 0 Å². The van der Waals surface area contributed by atoms with E-state index in [4.69, 9.17) is 11.5 Å². The minimum Gasteiger partial charge on any atom is -0.364 e. The van der Waals surface area contributed by atoms with Gasteiger partial charge in [0.15, 0.2) is 11.5 Å². The van der Waals surface area contributed by atoms with Crippen LogP contribution in [-0.4, -0.2) is 43.0 Å². The van der Waals surface area contributed by atoms with Gasteiger partial charge < -0.3 is 22.1 Å². The van der Waals surface area contributed by atoms with Crippen LogP contribution in [0.15, 0.2) is 18.3 Å². The largest absolute Gasteiger partial charge is 0.364 e. The Morgan fingerprint density at radius 2 is 2.03 bits per heavy atom. The van der Waals surface area contributed by atoms with Crippen molar-refractivity contribution < 1.29 is 13.6 Å². The summed E-state index contributed by atoms with van der Waals surface area (Å²) in [5.74, 6) is -0.473. The van der Waals surface area contributed by atoms with Crippen LogP contribution < -0.4 is 22.1 Å². The van der Waals surface area contributed by atoms with E-state index in [1.54, 1.807) is 19.1 Å². The van der Waals surface area contributed by atoms with Gasteiger partial charge >= 0.3 is 6.55 Å². The standard InChI is InChI=1S/C19H23F2N9O/c1-9-6-11(7-10-8-30(18(20)21)29-14(9)10)24-17-15(16(23)31)27-28-19(26-17)25-13-5-3-2-4-12(13)22/h6-8,12-13,18H,2-5,22H2,1H3,(H2,23,31)(H2,24,25,26,28)/t12-,13+/m0/s1. The molecule has 0 bridgehead atoms.